The molecule has 1 aromatic carbocycles. The molecule has 0 bridgehead atoms. The van der Waals surface area contributed by atoms with Gasteiger partial charge in [0.2, 0.25) is 0 Å². The Balaban J connectivity index is 1.69. The lowest BCUT2D eigenvalue weighted by Crippen LogP contribution is -2.39. The number of carbonyl (C=O) groups excluding carboxylic acids is 1. The first-order valence-electron chi connectivity index (χ1n) is 7.10. The average Bonchev–Trinajstić information content (AvgIpc) is 2.94. The summed E-state index contributed by atoms with van der Waals surface area (Å²) in [6.45, 7) is 0. The van der Waals surface area contributed by atoms with Gasteiger partial charge in [-0.15, -0.1) is 0 Å². The highest BCUT2D eigenvalue weighted by Gasteiger charge is 2.28. The highest BCUT2D eigenvalue weighted by Crippen LogP contribution is 2.24. The van der Waals surface area contributed by atoms with Crippen LogP contribution in [0.3, 0.4) is 0 Å². The standard InChI is InChI=1S/C15H17N3O3/c19-14(9-4-5-11-8-16-18-13(11)7-9)17-12-3-1-2-10(6-12)15(20)21/h4-5,7-8,10,12H,1-3,6H2,(H,16,18)(H,17,19)(H,20,21). The molecular formula is C15H17N3O3. The molecular weight excluding hydrogens is 270 g/mol. The molecule has 3 rings (SSSR count). The van der Waals surface area contributed by atoms with Crippen molar-refractivity contribution in [2.75, 3.05) is 0 Å². The second kappa shape index (κ2) is 5.55. The molecule has 1 aliphatic rings. The number of nitrogens with zero attached hydrogens (tertiary/aromatic N) is 1. The predicted octanol–water partition coefficient (Wildman–Crippen LogP) is 1.94. The van der Waals surface area contributed by atoms with Crippen LogP contribution in [0.2, 0.25) is 0 Å². The first-order chi connectivity index (χ1) is 10.1. The minimum absolute atomic E-state index is 0.0650. The van der Waals surface area contributed by atoms with E-state index in [0.29, 0.717) is 18.4 Å². The third-order valence-corrected chi connectivity index (χ3v) is 4.06. The first-order valence-corrected chi connectivity index (χ1v) is 7.10. The van der Waals surface area contributed by atoms with E-state index in [9.17, 15) is 9.59 Å². The van der Waals surface area contributed by atoms with Crippen LogP contribution in [0.25, 0.3) is 10.9 Å². The first kappa shape index (κ1) is 13.6. The number of carboxylic acids is 1. The number of aromatic amines is 1. The predicted molar refractivity (Wildman–Crippen MR) is 76.9 cm³/mol. The van der Waals surface area contributed by atoms with E-state index in [0.717, 1.165) is 23.7 Å². The molecule has 2 atom stereocenters. The lowest BCUT2D eigenvalue weighted by Gasteiger charge is -2.27. The molecule has 2 unspecified atom stereocenters. The third-order valence-electron chi connectivity index (χ3n) is 4.06. The fraction of sp³-hybridized carbons (Fsp3) is 0.400. The summed E-state index contributed by atoms with van der Waals surface area (Å²) in [7, 11) is 0. The number of hydrogen-bond acceptors (Lipinski definition) is 3. The smallest absolute Gasteiger partial charge is 0.306 e. The van der Waals surface area contributed by atoms with Crippen LogP contribution in [-0.4, -0.2) is 33.2 Å². The number of carbonyl (C=O) groups is 2. The summed E-state index contributed by atoms with van der Waals surface area (Å²) in [6, 6.07) is 5.29. The Labute approximate surface area is 121 Å². The molecule has 1 amide bonds. The van der Waals surface area contributed by atoms with Crippen molar-refractivity contribution in [2.24, 2.45) is 5.92 Å². The van der Waals surface area contributed by atoms with E-state index in [1.807, 2.05) is 6.07 Å². The summed E-state index contributed by atoms with van der Waals surface area (Å²) in [5, 5.41) is 19.7. The van der Waals surface area contributed by atoms with Crippen LogP contribution in [-0.2, 0) is 4.79 Å². The van der Waals surface area contributed by atoms with E-state index in [4.69, 9.17) is 5.11 Å². The molecule has 0 aliphatic heterocycles. The van der Waals surface area contributed by atoms with Crippen molar-refractivity contribution in [3.05, 3.63) is 30.0 Å². The Morgan fingerprint density at radius 1 is 1.33 bits per heavy atom. The SMILES string of the molecule is O=C(NC1CCCC(C(=O)O)C1)c1ccc2cn[nH]c2c1. The number of aliphatic carboxylic acids is 1. The number of amides is 1. The van der Waals surface area contributed by atoms with Crippen molar-refractivity contribution < 1.29 is 14.7 Å². The lowest BCUT2D eigenvalue weighted by atomic mass is 9.85. The summed E-state index contributed by atoms with van der Waals surface area (Å²) in [5.74, 6) is -1.28. The van der Waals surface area contributed by atoms with Crippen molar-refractivity contribution in [1.29, 1.82) is 0 Å². The molecule has 0 radical (unpaired) electrons. The van der Waals surface area contributed by atoms with Gasteiger partial charge in [0.15, 0.2) is 0 Å². The van der Waals surface area contributed by atoms with Crippen molar-refractivity contribution in [2.45, 2.75) is 31.7 Å². The molecule has 21 heavy (non-hydrogen) atoms. The van der Waals surface area contributed by atoms with Gasteiger partial charge in [-0.05, 0) is 31.4 Å². The van der Waals surface area contributed by atoms with Gasteiger partial charge in [-0.2, -0.15) is 5.10 Å². The van der Waals surface area contributed by atoms with Gasteiger partial charge in [0.25, 0.3) is 5.91 Å². The van der Waals surface area contributed by atoms with Gasteiger partial charge in [0.05, 0.1) is 17.6 Å². The molecule has 0 spiro atoms. The quantitative estimate of drug-likeness (QED) is 0.804. The molecule has 2 aromatic rings. The maximum Gasteiger partial charge on any atom is 0.306 e. The molecule has 1 saturated carbocycles. The summed E-state index contributed by atoms with van der Waals surface area (Å²) in [5.41, 5.74) is 1.37. The highest BCUT2D eigenvalue weighted by molar-refractivity contribution is 5.97. The lowest BCUT2D eigenvalue weighted by molar-refractivity contribution is -0.143. The van der Waals surface area contributed by atoms with E-state index in [2.05, 4.69) is 15.5 Å². The Kier molecular flexibility index (Phi) is 3.60. The largest absolute Gasteiger partial charge is 0.481 e. The Morgan fingerprint density at radius 3 is 3.00 bits per heavy atom. The Bertz CT molecular complexity index is 680. The molecule has 6 heteroatoms. The van der Waals surface area contributed by atoms with E-state index < -0.39 is 5.97 Å². The number of nitrogens with one attached hydrogen (secondary N) is 2. The van der Waals surface area contributed by atoms with Crippen LogP contribution in [0.15, 0.2) is 24.4 Å². The Hall–Kier alpha value is -2.37. The second-order valence-corrected chi connectivity index (χ2v) is 5.54. The molecule has 1 fully saturated rings. The van der Waals surface area contributed by atoms with E-state index in [1.165, 1.54) is 0 Å². The minimum Gasteiger partial charge on any atom is -0.481 e. The topological polar surface area (TPSA) is 95.1 Å². The molecule has 110 valence electrons. The van der Waals surface area contributed by atoms with E-state index in [-0.39, 0.29) is 17.9 Å². The molecule has 0 saturated heterocycles. The van der Waals surface area contributed by atoms with Crippen molar-refractivity contribution in [3.8, 4) is 0 Å². The zero-order valence-electron chi connectivity index (χ0n) is 11.5. The summed E-state index contributed by atoms with van der Waals surface area (Å²) in [6.07, 6.45) is 4.58. The van der Waals surface area contributed by atoms with Gasteiger partial charge in [0.1, 0.15) is 0 Å². The van der Waals surface area contributed by atoms with Gasteiger partial charge in [-0.1, -0.05) is 12.5 Å². The summed E-state index contributed by atoms with van der Waals surface area (Å²) < 4.78 is 0. The second-order valence-electron chi connectivity index (χ2n) is 5.54. The molecule has 1 aliphatic carbocycles. The highest BCUT2D eigenvalue weighted by atomic mass is 16.4. The van der Waals surface area contributed by atoms with Crippen LogP contribution in [0.5, 0.6) is 0 Å². The van der Waals surface area contributed by atoms with Crippen molar-refractivity contribution in [3.63, 3.8) is 0 Å². The number of benzene rings is 1. The number of rotatable bonds is 3. The zero-order chi connectivity index (χ0) is 14.8. The van der Waals surface area contributed by atoms with Crippen LogP contribution in [0.1, 0.15) is 36.0 Å². The van der Waals surface area contributed by atoms with Crippen LogP contribution < -0.4 is 5.32 Å². The maximum absolute atomic E-state index is 12.3. The van der Waals surface area contributed by atoms with Gasteiger partial charge >= 0.3 is 5.97 Å². The Morgan fingerprint density at radius 2 is 2.19 bits per heavy atom. The number of fused-ring (bicyclic) bond motifs is 1. The van der Waals surface area contributed by atoms with Crippen LogP contribution in [0, 0.1) is 5.92 Å². The van der Waals surface area contributed by atoms with Crippen molar-refractivity contribution in [1.82, 2.24) is 15.5 Å². The molecule has 3 N–H and O–H groups in total. The maximum atomic E-state index is 12.3. The minimum atomic E-state index is -0.771. The fourth-order valence-electron chi connectivity index (χ4n) is 2.89. The van der Waals surface area contributed by atoms with E-state index in [1.54, 1.807) is 18.3 Å². The number of H-pyrrole nitrogens is 1. The van der Waals surface area contributed by atoms with Crippen molar-refractivity contribution >= 4 is 22.8 Å². The third kappa shape index (κ3) is 2.89. The van der Waals surface area contributed by atoms with Gasteiger partial charge in [0, 0.05) is 17.0 Å². The molecule has 1 aromatic heterocycles. The monoisotopic (exact) mass is 287 g/mol. The molecule has 6 nitrogen and oxygen atoms in total. The summed E-state index contributed by atoms with van der Waals surface area (Å²) >= 11 is 0. The average molecular weight is 287 g/mol. The van der Waals surface area contributed by atoms with Crippen LogP contribution >= 0.6 is 0 Å². The van der Waals surface area contributed by atoms with Gasteiger partial charge in [-0.25, -0.2) is 0 Å². The normalized spacial score (nSPS) is 22.1. The molecule has 1 heterocycles. The zero-order valence-corrected chi connectivity index (χ0v) is 11.5. The van der Waals surface area contributed by atoms with Gasteiger partial charge in [-0.3, -0.25) is 14.7 Å². The van der Waals surface area contributed by atoms with Crippen LogP contribution in [0.4, 0.5) is 0 Å². The van der Waals surface area contributed by atoms with Gasteiger partial charge < -0.3 is 10.4 Å². The van der Waals surface area contributed by atoms with E-state index >= 15 is 0 Å². The number of hydrogen-bond donors (Lipinski definition) is 3. The summed E-state index contributed by atoms with van der Waals surface area (Å²) in [4.78, 5) is 23.3. The fourth-order valence-corrected chi connectivity index (χ4v) is 2.89. The number of carboxylic acid groups (broad SMARTS) is 1. The number of aromatic nitrogens is 2.